The Morgan fingerprint density at radius 2 is 1.87 bits per heavy atom. The first-order chi connectivity index (χ1) is 22.9. The Morgan fingerprint density at radius 1 is 1.09 bits per heavy atom. The van der Waals surface area contributed by atoms with E-state index in [-0.39, 0.29) is 24.5 Å². The number of pyridine rings is 1. The van der Waals surface area contributed by atoms with Crippen molar-refractivity contribution in [3.05, 3.63) is 71.4 Å². The fourth-order valence-corrected chi connectivity index (χ4v) is 7.42. The summed E-state index contributed by atoms with van der Waals surface area (Å²) in [6.07, 6.45) is 3.86. The minimum Gasteiger partial charge on any atom is -0.473 e. The van der Waals surface area contributed by atoms with E-state index in [1.165, 1.54) is 28.1 Å². The number of anilines is 2. The Labute approximate surface area is 277 Å². The van der Waals surface area contributed by atoms with Crippen LogP contribution in [-0.2, 0) is 22.5 Å². The number of likely N-dealkylation sites (tertiary alicyclic amines) is 1. The second kappa shape index (κ2) is 14.4. The number of piperazine rings is 1. The van der Waals surface area contributed by atoms with E-state index in [2.05, 4.69) is 76.7 Å². The number of hydrogen-bond donors (Lipinski definition) is 0. The van der Waals surface area contributed by atoms with E-state index < -0.39 is 0 Å². The van der Waals surface area contributed by atoms with E-state index in [1.54, 1.807) is 12.0 Å². The minimum atomic E-state index is -0.311. The van der Waals surface area contributed by atoms with Gasteiger partial charge in [-0.1, -0.05) is 36.9 Å². The number of nitriles is 2. The lowest BCUT2D eigenvalue weighted by atomic mass is 9.95. The number of carbonyl (C=O) groups is 1. The highest BCUT2D eigenvalue weighted by Gasteiger charge is 2.35. The molecule has 1 amide bonds. The number of fused-ring (bicyclic) bond motifs is 2. The first-order valence-electron chi connectivity index (χ1n) is 16.6. The van der Waals surface area contributed by atoms with Crippen LogP contribution in [-0.4, -0.2) is 92.4 Å². The highest BCUT2D eigenvalue weighted by atomic mass is 16.5. The number of rotatable bonds is 9. The zero-order valence-electron chi connectivity index (χ0n) is 27.5. The summed E-state index contributed by atoms with van der Waals surface area (Å²) in [5.41, 5.74) is 5.65. The Balaban J connectivity index is 1.37. The van der Waals surface area contributed by atoms with Gasteiger partial charge in [-0.25, -0.2) is 4.98 Å². The molecule has 6 rings (SSSR count). The summed E-state index contributed by atoms with van der Waals surface area (Å²) in [5, 5.41) is 22.8. The van der Waals surface area contributed by atoms with Crippen LogP contribution in [0.3, 0.4) is 0 Å². The van der Waals surface area contributed by atoms with Crippen LogP contribution in [0.2, 0.25) is 0 Å². The molecule has 244 valence electrons. The van der Waals surface area contributed by atoms with Crippen molar-refractivity contribution >= 4 is 28.1 Å². The molecule has 47 heavy (non-hydrogen) atoms. The highest BCUT2D eigenvalue weighted by molar-refractivity contribution is 5.97. The molecule has 2 fully saturated rings. The van der Waals surface area contributed by atoms with Gasteiger partial charge >= 0.3 is 0 Å². The van der Waals surface area contributed by atoms with Gasteiger partial charge in [0.1, 0.15) is 17.7 Å². The molecule has 1 unspecified atom stereocenters. The SMILES string of the molecule is C=CC(=O)N1CCN(c2c(C#N)c(OC3CCN(CCOC)CC3)nc3c2CCN(c2cccc4cccc(C)c24)C3)CC1CC#N. The number of methoxy groups -OCH3 is 1. The standard InChI is InChI=1S/C37H43N7O3/c1-4-34(45)44-20-19-43(24-28(44)11-15-38)36-30-14-18-42(33-10-6-9-27-8-5-7-26(2)35(27)33)25-32(30)40-37(31(36)23-39)47-29-12-16-41(17-13-29)21-22-46-3/h4-10,28-29H,1,11-14,16-22,24-25H2,2-3H3. The second-order valence-corrected chi connectivity index (χ2v) is 12.6. The maximum absolute atomic E-state index is 12.7. The molecule has 10 nitrogen and oxygen atoms in total. The van der Waals surface area contributed by atoms with Gasteiger partial charge in [0.05, 0.1) is 43.1 Å². The van der Waals surface area contributed by atoms with Crippen molar-refractivity contribution in [2.24, 2.45) is 0 Å². The Morgan fingerprint density at radius 3 is 2.60 bits per heavy atom. The van der Waals surface area contributed by atoms with Crippen LogP contribution in [0.4, 0.5) is 11.4 Å². The van der Waals surface area contributed by atoms with E-state index in [0.29, 0.717) is 50.7 Å². The smallest absolute Gasteiger partial charge is 0.246 e. The predicted molar refractivity (Wildman–Crippen MR) is 182 cm³/mol. The Hall–Kier alpha value is -4.64. The van der Waals surface area contributed by atoms with Gasteiger partial charge < -0.3 is 29.1 Å². The third kappa shape index (κ3) is 6.62. The topological polar surface area (TPSA) is 109 Å². The third-order valence-corrected chi connectivity index (χ3v) is 9.85. The van der Waals surface area contributed by atoms with E-state index in [4.69, 9.17) is 14.5 Å². The van der Waals surface area contributed by atoms with E-state index in [9.17, 15) is 15.3 Å². The third-order valence-electron chi connectivity index (χ3n) is 9.85. The van der Waals surface area contributed by atoms with Gasteiger partial charge in [-0.05, 0) is 49.3 Å². The minimum absolute atomic E-state index is 0.0481. The summed E-state index contributed by atoms with van der Waals surface area (Å²) in [7, 11) is 1.72. The lowest BCUT2D eigenvalue weighted by Gasteiger charge is -2.43. The first-order valence-corrected chi connectivity index (χ1v) is 16.6. The summed E-state index contributed by atoms with van der Waals surface area (Å²) < 4.78 is 11.9. The number of nitrogens with zero attached hydrogens (tertiary/aromatic N) is 7. The van der Waals surface area contributed by atoms with E-state index in [1.807, 2.05) is 0 Å². The molecule has 2 saturated heterocycles. The number of carbonyl (C=O) groups excluding carboxylic acids is 1. The van der Waals surface area contributed by atoms with Crippen molar-refractivity contribution in [3.63, 3.8) is 0 Å². The number of hydrogen-bond acceptors (Lipinski definition) is 9. The predicted octanol–water partition coefficient (Wildman–Crippen LogP) is 4.58. The van der Waals surface area contributed by atoms with E-state index in [0.717, 1.165) is 56.0 Å². The second-order valence-electron chi connectivity index (χ2n) is 12.6. The van der Waals surface area contributed by atoms with Gasteiger partial charge in [0.2, 0.25) is 11.8 Å². The molecule has 10 heteroatoms. The van der Waals surface area contributed by atoms with Gasteiger partial charge in [-0.15, -0.1) is 0 Å². The van der Waals surface area contributed by atoms with Crippen LogP contribution in [0.25, 0.3) is 10.8 Å². The molecule has 0 aliphatic carbocycles. The van der Waals surface area contributed by atoms with Crippen molar-refractivity contribution in [3.8, 4) is 18.0 Å². The van der Waals surface area contributed by atoms with Crippen LogP contribution >= 0.6 is 0 Å². The highest BCUT2D eigenvalue weighted by Crippen LogP contribution is 2.40. The summed E-state index contributed by atoms with van der Waals surface area (Å²) in [6, 6.07) is 17.3. The number of aromatic nitrogens is 1. The molecule has 4 heterocycles. The largest absolute Gasteiger partial charge is 0.473 e. The van der Waals surface area contributed by atoms with Crippen molar-refractivity contribution in [1.82, 2.24) is 14.8 Å². The maximum Gasteiger partial charge on any atom is 0.246 e. The van der Waals surface area contributed by atoms with Crippen molar-refractivity contribution in [2.45, 2.75) is 51.3 Å². The molecule has 1 atom stereocenters. The molecule has 3 aromatic rings. The van der Waals surface area contributed by atoms with Crippen molar-refractivity contribution < 1.29 is 14.3 Å². The van der Waals surface area contributed by atoms with Crippen molar-refractivity contribution in [1.29, 1.82) is 10.5 Å². The number of benzene rings is 2. The summed E-state index contributed by atoms with van der Waals surface area (Å²) in [4.78, 5) is 26.5. The number of amides is 1. The average Bonchev–Trinajstić information content (AvgIpc) is 3.10. The van der Waals surface area contributed by atoms with E-state index >= 15 is 0 Å². The van der Waals surface area contributed by atoms with Gasteiger partial charge in [0.15, 0.2) is 0 Å². The Bertz CT molecular complexity index is 1710. The molecule has 0 saturated carbocycles. The molecule has 0 spiro atoms. The summed E-state index contributed by atoms with van der Waals surface area (Å²) >= 11 is 0. The first kappa shape index (κ1) is 32.3. The van der Waals surface area contributed by atoms with Crippen LogP contribution in [0.1, 0.15) is 41.6 Å². The molecule has 2 aromatic carbocycles. The van der Waals surface area contributed by atoms with Crippen LogP contribution in [0, 0.1) is 29.6 Å². The number of piperidine rings is 1. The molecule has 0 N–H and O–H groups in total. The van der Waals surface area contributed by atoms with Crippen LogP contribution in [0.15, 0.2) is 49.1 Å². The lowest BCUT2D eigenvalue weighted by molar-refractivity contribution is -0.128. The normalized spacial score (nSPS) is 18.8. The lowest BCUT2D eigenvalue weighted by Crippen LogP contribution is -2.55. The number of ether oxygens (including phenoxy) is 2. The quantitative estimate of drug-likeness (QED) is 0.313. The molecule has 0 radical (unpaired) electrons. The van der Waals surface area contributed by atoms with Gasteiger partial charge in [0.25, 0.3) is 0 Å². The fourth-order valence-electron chi connectivity index (χ4n) is 7.42. The zero-order valence-corrected chi connectivity index (χ0v) is 27.5. The van der Waals surface area contributed by atoms with Crippen molar-refractivity contribution in [2.75, 3.05) is 69.3 Å². The molecular formula is C37H43N7O3. The monoisotopic (exact) mass is 633 g/mol. The fraction of sp³-hybridized carbons (Fsp3) is 0.459. The van der Waals surface area contributed by atoms with Crippen LogP contribution in [0.5, 0.6) is 5.88 Å². The van der Waals surface area contributed by atoms with Crippen LogP contribution < -0.4 is 14.5 Å². The summed E-state index contributed by atoms with van der Waals surface area (Å²) in [5.74, 6) is 0.207. The number of aryl methyl sites for hydroxylation is 1. The molecule has 1 aromatic heterocycles. The average molecular weight is 634 g/mol. The zero-order chi connectivity index (χ0) is 32.9. The molecule has 3 aliphatic rings. The maximum atomic E-state index is 12.7. The molecule has 3 aliphatic heterocycles. The van der Waals surface area contributed by atoms with Gasteiger partial charge in [0, 0.05) is 69.6 Å². The molecular weight excluding hydrogens is 590 g/mol. The van der Waals surface area contributed by atoms with Gasteiger partial charge in [-0.3, -0.25) is 4.79 Å². The molecule has 0 bridgehead atoms. The summed E-state index contributed by atoms with van der Waals surface area (Å²) in [6.45, 7) is 12.0. The Kier molecular flexibility index (Phi) is 9.91. The van der Waals surface area contributed by atoms with Gasteiger partial charge in [-0.2, -0.15) is 10.5 Å².